The number of halogens is 1. The summed E-state index contributed by atoms with van der Waals surface area (Å²) in [6.45, 7) is 4.67. The Balaban J connectivity index is 1.62. The van der Waals surface area contributed by atoms with E-state index in [1.165, 1.54) is 17.7 Å². The van der Waals surface area contributed by atoms with Gasteiger partial charge < -0.3 is 9.84 Å². The summed E-state index contributed by atoms with van der Waals surface area (Å²) in [7, 11) is 1.69. The number of hydrogen-bond acceptors (Lipinski definition) is 4. The Labute approximate surface area is 154 Å². The summed E-state index contributed by atoms with van der Waals surface area (Å²) in [5.41, 5.74) is 2.34. The second-order valence-electron chi connectivity index (χ2n) is 6.85. The quantitative estimate of drug-likeness (QED) is 0.826. The third kappa shape index (κ3) is 5.04. The molecular weight excluding hydrogens is 331 g/mol. The van der Waals surface area contributed by atoms with Gasteiger partial charge in [-0.25, -0.2) is 4.39 Å². The van der Waals surface area contributed by atoms with Gasteiger partial charge in [0.15, 0.2) is 0 Å². The Morgan fingerprint density at radius 1 is 1.08 bits per heavy atom. The van der Waals surface area contributed by atoms with Crippen LogP contribution in [0.2, 0.25) is 0 Å². The van der Waals surface area contributed by atoms with Gasteiger partial charge in [0.1, 0.15) is 11.6 Å². The molecule has 1 N–H and O–H groups in total. The molecule has 0 radical (unpaired) electrons. The number of aliphatic hydroxyl groups excluding tert-OH is 1. The SMILES string of the molecule is COc1cccc(CN2CCN(Cc3ccc(F)cc3)[C@@H](CCO)C2)c1. The molecule has 4 nitrogen and oxygen atoms in total. The van der Waals surface area contributed by atoms with Crippen molar-refractivity contribution in [1.29, 1.82) is 0 Å². The molecule has 1 aliphatic heterocycles. The number of rotatable bonds is 7. The van der Waals surface area contributed by atoms with Crippen molar-refractivity contribution >= 4 is 0 Å². The molecule has 2 aromatic carbocycles. The molecule has 1 fully saturated rings. The first-order chi connectivity index (χ1) is 12.7. The van der Waals surface area contributed by atoms with Gasteiger partial charge in [-0.2, -0.15) is 0 Å². The zero-order chi connectivity index (χ0) is 18.4. The molecule has 0 aliphatic carbocycles. The van der Waals surface area contributed by atoms with Crippen LogP contribution in [0, 0.1) is 5.82 Å². The number of ether oxygens (including phenoxy) is 1. The van der Waals surface area contributed by atoms with E-state index >= 15 is 0 Å². The Morgan fingerprint density at radius 3 is 2.62 bits per heavy atom. The van der Waals surface area contributed by atoms with Crippen LogP contribution in [-0.2, 0) is 13.1 Å². The molecule has 26 heavy (non-hydrogen) atoms. The van der Waals surface area contributed by atoms with Crippen molar-refractivity contribution in [2.45, 2.75) is 25.6 Å². The fourth-order valence-electron chi connectivity index (χ4n) is 3.59. The van der Waals surface area contributed by atoms with E-state index in [4.69, 9.17) is 4.74 Å². The molecule has 1 heterocycles. The maximum atomic E-state index is 13.1. The van der Waals surface area contributed by atoms with Gasteiger partial charge in [0.25, 0.3) is 0 Å². The summed E-state index contributed by atoms with van der Waals surface area (Å²) in [4.78, 5) is 4.82. The molecule has 0 saturated carbocycles. The van der Waals surface area contributed by atoms with Crippen molar-refractivity contribution in [3.8, 4) is 5.75 Å². The molecule has 1 saturated heterocycles. The van der Waals surface area contributed by atoms with Gasteiger partial charge in [0, 0.05) is 45.4 Å². The molecule has 140 valence electrons. The monoisotopic (exact) mass is 358 g/mol. The van der Waals surface area contributed by atoms with Gasteiger partial charge >= 0.3 is 0 Å². The minimum Gasteiger partial charge on any atom is -0.497 e. The molecule has 2 aromatic rings. The fourth-order valence-corrected chi connectivity index (χ4v) is 3.59. The van der Waals surface area contributed by atoms with E-state index in [-0.39, 0.29) is 12.4 Å². The molecular formula is C21H27FN2O2. The van der Waals surface area contributed by atoms with E-state index in [9.17, 15) is 9.50 Å². The van der Waals surface area contributed by atoms with Crippen LogP contribution < -0.4 is 4.74 Å². The molecule has 0 amide bonds. The van der Waals surface area contributed by atoms with Crippen molar-refractivity contribution in [3.05, 3.63) is 65.5 Å². The fraction of sp³-hybridized carbons (Fsp3) is 0.429. The van der Waals surface area contributed by atoms with Gasteiger partial charge in [-0.1, -0.05) is 24.3 Å². The number of benzene rings is 2. The van der Waals surface area contributed by atoms with E-state index in [0.29, 0.717) is 6.04 Å². The number of aliphatic hydroxyl groups is 1. The van der Waals surface area contributed by atoms with E-state index in [1.54, 1.807) is 7.11 Å². The van der Waals surface area contributed by atoms with Crippen LogP contribution in [0.5, 0.6) is 5.75 Å². The predicted octanol–water partition coefficient (Wildman–Crippen LogP) is 2.90. The van der Waals surface area contributed by atoms with Gasteiger partial charge in [0.2, 0.25) is 0 Å². The van der Waals surface area contributed by atoms with Crippen molar-refractivity contribution < 1.29 is 14.2 Å². The largest absolute Gasteiger partial charge is 0.497 e. The summed E-state index contributed by atoms with van der Waals surface area (Å²) >= 11 is 0. The number of piperazine rings is 1. The second-order valence-corrected chi connectivity index (χ2v) is 6.85. The number of methoxy groups -OCH3 is 1. The van der Waals surface area contributed by atoms with Gasteiger partial charge in [-0.3, -0.25) is 9.80 Å². The lowest BCUT2D eigenvalue weighted by atomic mass is 10.1. The maximum Gasteiger partial charge on any atom is 0.123 e. The van der Waals surface area contributed by atoms with Crippen LogP contribution in [0.25, 0.3) is 0 Å². The zero-order valence-electron chi connectivity index (χ0n) is 15.3. The lowest BCUT2D eigenvalue weighted by Gasteiger charge is -2.41. The third-order valence-electron chi connectivity index (χ3n) is 4.99. The van der Waals surface area contributed by atoms with Crippen molar-refractivity contribution in [1.82, 2.24) is 9.80 Å². The summed E-state index contributed by atoms with van der Waals surface area (Å²) in [5.74, 6) is 0.674. The average Bonchev–Trinajstić information content (AvgIpc) is 2.66. The van der Waals surface area contributed by atoms with Gasteiger partial charge in [-0.05, 0) is 41.8 Å². The highest BCUT2D eigenvalue weighted by atomic mass is 19.1. The van der Waals surface area contributed by atoms with E-state index in [1.807, 2.05) is 24.3 Å². The Kier molecular flexibility index (Phi) is 6.61. The minimum atomic E-state index is -0.205. The highest BCUT2D eigenvalue weighted by Crippen LogP contribution is 2.20. The molecule has 5 heteroatoms. The molecule has 1 atom stereocenters. The molecule has 0 aromatic heterocycles. The standard InChI is InChI=1S/C21H27FN2O2/c1-26-21-4-2-3-18(13-21)14-23-10-11-24(20(16-23)9-12-25)15-17-5-7-19(22)8-6-17/h2-8,13,20,25H,9-12,14-16H2,1H3/t20-/m0/s1. The molecule has 3 rings (SSSR count). The van der Waals surface area contributed by atoms with Crippen molar-refractivity contribution in [2.75, 3.05) is 33.4 Å². The summed E-state index contributed by atoms with van der Waals surface area (Å²) in [6.07, 6.45) is 0.746. The molecule has 0 spiro atoms. The third-order valence-corrected chi connectivity index (χ3v) is 4.99. The summed E-state index contributed by atoms with van der Waals surface area (Å²) in [5, 5.41) is 9.47. The number of nitrogens with zero attached hydrogens (tertiary/aromatic N) is 2. The smallest absolute Gasteiger partial charge is 0.123 e. The lowest BCUT2D eigenvalue weighted by molar-refractivity contribution is 0.0499. The highest BCUT2D eigenvalue weighted by molar-refractivity contribution is 5.28. The first-order valence-electron chi connectivity index (χ1n) is 9.12. The molecule has 0 bridgehead atoms. The zero-order valence-corrected chi connectivity index (χ0v) is 15.3. The number of hydrogen-bond donors (Lipinski definition) is 1. The van der Waals surface area contributed by atoms with E-state index < -0.39 is 0 Å². The van der Waals surface area contributed by atoms with Crippen LogP contribution in [0.15, 0.2) is 48.5 Å². The minimum absolute atomic E-state index is 0.178. The topological polar surface area (TPSA) is 35.9 Å². The van der Waals surface area contributed by atoms with Crippen molar-refractivity contribution in [3.63, 3.8) is 0 Å². The second kappa shape index (κ2) is 9.12. The van der Waals surface area contributed by atoms with Crippen molar-refractivity contribution in [2.24, 2.45) is 0 Å². The maximum absolute atomic E-state index is 13.1. The Hall–Kier alpha value is -1.95. The van der Waals surface area contributed by atoms with Crippen LogP contribution >= 0.6 is 0 Å². The molecule has 1 aliphatic rings. The van der Waals surface area contributed by atoms with Gasteiger partial charge in [0.05, 0.1) is 7.11 Å². The van der Waals surface area contributed by atoms with Crippen LogP contribution in [0.4, 0.5) is 4.39 Å². The Morgan fingerprint density at radius 2 is 1.88 bits per heavy atom. The van der Waals surface area contributed by atoms with Crippen LogP contribution in [-0.4, -0.2) is 54.3 Å². The first-order valence-corrected chi connectivity index (χ1v) is 9.12. The van der Waals surface area contributed by atoms with E-state index in [2.05, 4.69) is 21.9 Å². The first kappa shape index (κ1) is 18.8. The summed E-state index contributed by atoms with van der Waals surface area (Å²) in [6, 6.07) is 15.2. The Bertz CT molecular complexity index is 693. The lowest BCUT2D eigenvalue weighted by Crippen LogP contribution is -2.52. The van der Waals surface area contributed by atoms with Crippen LogP contribution in [0.1, 0.15) is 17.5 Å². The predicted molar refractivity (Wildman–Crippen MR) is 101 cm³/mol. The normalized spacial score (nSPS) is 18.8. The van der Waals surface area contributed by atoms with Crippen LogP contribution in [0.3, 0.4) is 0 Å². The van der Waals surface area contributed by atoms with Gasteiger partial charge in [-0.15, -0.1) is 0 Å². The average molecular weight is 358 g/mol. The summed E-state index contributed by atoms with van der Waals surface area (Å²) < 4.78 is 18.4. The van der Waals surface area contributed by atoms with E-state index in [0.717, 1.165) is 50.5 Å². The highest BCUT2D eigenvalue weighted by Gasteiger charge is 2.26. The molecule has 0 unspecified atom stereocenters.